The Hall–Kier alpha value is -2.35. The normalized spacial score (nSPS) is 22.2. The van der Waals surface area contributed by atoms with Gasteiger partial charge in [0.2, 0.25) is 5.91 Å². The minimum atomic E-state index is -0.872. The minimum absolute atomic E-state index is 0.0701. The highest BCUT2D eigenvalue weighted by atomic mass is 35.5. The third-order valence-corrected chi connectivity index (χ3v) is 7.12. The number of amides is 2. The van der Waals surface area contributed by atoms with E-state index in [1.807, 2.05) is 41.3 Å². The molecular weight excluding hydrogens is 451 g/mol. The number of aromatic nitrogens is 1. The van der Waals surface area contributed by atoms with Crippen LogP contribution in [0.2, 0.25) is 10.0 Å². The van der Waals surface area contributed by atoms with E-state index in [0.717, 1.165) is 24.9 Å². The molecule has 1 aromatic heterocycles. The molecule has 2 aliphatic rings. The lowest BCUT2D eigenvalue weighted by molar-refractivity contribution is -0.120. The van der Waals surface area contributed by atoms with Crippen molar-refractivity contribution in [2.75, 3.05) is 37.6 Å². The lowest BCUT2D eigenvalue weighted by Crippen LogP contribution is -2.52. The number of carboxylic acid groups (broad SMARTS) is 1. The van der Waals surface area contributed by atoms with Gasteiger partial charge in [-0.05, 0) is 42.7 Å². The highest BCUT2D eigenvalue weighted by molar-refractivity contribution is 6.42. The van der Waals surface area contributed by atoms with Gasteiger partial charge in [-0.15, -0.1) is 0 Å². The van der Waals surface area contributed by atoms with E-state index in [2.05, 4.69) is 9.88 Å². The van der Waals surface area contributed by atoms with Gasteiger partial charge in [-0.1, -0.05) is 35.3 Å². The van der Waals surface area contributed by atoms with Gasteiger partial charge in [0, 0.05) is 57.3 Å². The van der Waals surface area contributed by atoms with Crippen LogP contribution in [0.1, 0.15) is 30.7 Å². The molecule has 0 aliphatic carbocycles. The molecule has 2 fully saturated rings. The zero-order valence-electron chi connectivity index (χ0n) is 17.7. The second-order valence-corrected chi connectivity index (χ2v) is 9.05. The van der Waals surface area contributed by atoms with Crippen molar-refractivity contribution in [1.29, 1.82) is 0 Å². The van der Waals surface area contributed by atoms with Crippen LogP contribution < -0.4 is 4.90 Å². The van der Waals surface area contributed by atoms with E-state index < -0.39 is 6.09 Å². The van der Waals surface area contributed by atoms with Crippen LogP contribution >= 0.6 is 23.2 Å². The lowest BCUT2D eigenvalue weighted by atomic mass is 9.81. The minimum Gasteiger partial charge on any atom is -0.465 e. The third kappa shape index (κ3) is 5.00. The molecule has 9 heteroatoms. The van der Waals surface area contributed by atoms with E-state index in [1.165, 1.54) is 4.90 Å². The topological polar surface area (TPSA) is 77.0 Å². The second-order valence-electron chi connectivity index (χ2n) is 8.24. The first-order chi connectivity index (χ1) is 15.4. The fourth-order valence-corrected chi connectivity index (χ4v) is 5.00. The van der Waals surface area contributed by atoms with E-state index in [-0.39, 0.29) is 17.9 Å². The maximum absolute atomic E-state index is 13.0. The molecule has 3 heterocycles. The Balaban J connectivity index is 1.57. The summed E-state index contributed by atoms with van der Waals surface area (Å²) < 4.78 is 0. The fraction of sp³-hybridized carbons (Fsp3) is 0.435. The Morgan fingerprint density at radius 2 is 1.88 bits per heavy atom. The molecule has 4 rings (SSSR count). The van der Waals surface area contributed by atoms with Gasteiger partial charge in [-0.3, -0.25) is 14.6 Å². The zero-order valence-corrected chi connectivity index (χ0v) is 19.2. The van der Waals surface area contributed by atoms with Crippen LogP contribution in [0, 0.1) is 0 Å². The third-order valence-electron chi connectivity index (χ3n) is 6.39. The van der Waals surface area contributed by atoms with E-state index in [9.17, 15) is 14.7 Å². The summed E-state index contributed by atoms with van der Waals surface area (Å²) >= 11 is 12.5. The standard InChI is InChI=1S/C23H26Cl2N4O3/c24-18-6-4-16(15-19(18)25)17-5-7-22(30)29(21-3-1-2-9-26-21)20(17)8-10-27-11-13-28(14-12-27)23(31)32/h1-4,6,9,15,17,20H,5,7-8,10-14H2,(H,31,32)/t17-,20?/m0/s1. The molecule has 2 aliphatic heterocycles. The summed E-state index contributed by atoms with van der Waals surface area (Å²) in [5, 5.41) is 10.2. The summed E-state index contributed by atoms with van der Waals surface area (Å²) in [6, 6.07) is 11.2. The van der Waals surface area contributed by atoms with E-state index >= 15 is 0 Å². The number of anilines is 1. The second kappa shape index (κ2) is 10.1. The molecule has 170 valence electrons. The van der Waals surface area contributed by atoms with Crippen molar-refractivity contribution in [1.82, 2.24) is 14.8 Å². The highest BCUT2D eigenvalue weighted by Gasteiger charge is 2.38. The number of benzene rings is 1. The number of carbonyl (C=O) groups excluding carboxylic acids is 1. The van der Waals surface area contributed by atoms with Crippen LogP contribution in [0.4, 0.5) is 10.6 Å². The van der Waals surface area contributed by atoms with Crippen LogP contribution in [-0.4, -0.2) is 70.7 Å². The number of pyridine rings is 1. The van der Waals surface area contributed by atoms with Gasteiger partial charge in [0.25, 0.3) is 0 Å². The van der Waals surface area contributed by atoms with Crippen molar-refractivity contribution in [2.24, 2.45) is 0 Å². The van der Waals surface area contributed by atoms with Gasteiger partial charge in [-0.2, -0.15) is 0 Å². The lowest BCUT2D eigenvalue weighted by Gasteiger charge is -2.42. The van der Waals surface area contributed by atoms with Crippen molar-refractivity contribution < 1.29 is 14.7 Å². The Morgan fingerprint density at radius 3 is 2.53 bits per heavy atom. The molecule has 2 atom stereocenters. The quantitative estimate of drug-likeness (QED) is 0.693. The fourth-order valence-electron chi connectivity index (χ4n) is 4.69. The smallest absolute Gasteiger partial charge is 0.407 e. The van der Waals surface area contributed by atoms with Gasteiger partial charge in [0.15, 0.2) is 0 Å². The molecule has 0 radical (unpaired) electrons. The molecule has 2 aromatic rings. The Kier molecular flexibility index (Phi) is 7.18. The summed E-state index contributed by atoms with van der Waals surface area (Å²) in [6.07, 6.45) is 2.75. The van der Waals surface area contributed by atoms with Gasteiger partial charge >= 0.3 is 6.09 Å². The van der Waals surface area contributed by atoms with E-state index in [1.54, 1.807) is 6.20 Å². The summed E-state index contributed by atoms with van der Waals surface area (Å²) in [7, 11) is 0. The first kappa shape index (κ1) is 22.8. The predicted molar refractivity (Wildman–Crippen MR) is 125 cm³/mol. The Labute approximate surface area is 197 Å². The van der Waals surface area contributed by atoms with Crippen LogP contribution in [0.3, 0.4) is 0 Å². The number of carbonyl (C=O) groups is 2. The number of rotatable bonds is 5. The van der Waals surface area contributed by atoms with Crippen LogP contribution in [-0.2, 0) is 4.79 Å². The molecule has 0 bridgehead atoms. The molecule has 1 unspecified atom stereocenters. The van der Waals surface area contributed by atoms with Gasteiger partial charge in [0.05, 0.1) is 10.0 Å². The van der Waals surface area contributed by atoms with Gasteiger partial charge in [0.1, 0.15) is 5.82 Å². The van der Waals surface area contributed by atoms with Crippen molar-refractivity contribution in [3.8, 4) is 0 Å². The van der Waals surface area contributed by atoms with Gasteiger partial charge in [-0.25, -0.2) is 9.78 Å². The van der Waals surface area contributed by atoms with E-state index in [0.29, 0.717) is 48.5 Å². The number of hydrogen-bond donors (Lipinski definition) is 1. The first-order valence-corrected chi connectivity index (χ1v) is 11.6. The highest BCUT2D eigenvalue weighted by Crippen LogP contribution is 2.39. The van der Waals surface area contributed by atoms with Crippen LogP contribution in [0.5, 0.6) is 0 Å². The first-order valence-electron chi connectivity index (χ1n) is 10.8. The number of hydrogen-bond acceptors (Lipinski definition) is 4. The molecule has 7 nitrogen and oxygen atoms in total. The molecular formula is C23H26Cl2N4O3. The van der Waals surface area contributed by atoms with Gasteiger partial charge < -0.3 is 10.0 Å². The molecule has 0 spiro atoms. The Morgan fingerprint density at radius 1 is 1.09 bits per heavy atom. The number of piperidine rings is 1. The van der Waals surface area contributed by atoms with Crippen molar-refractivity contribution in [3.05, 3.63) is 58.2 Å². The summed E-state index contributed by atoms with van der Waals surface area (Å²) in [6.45, 7) is 3.15. The summed E-state index contributed by atoms with van der Waals surface area (Å²) in [5.41, 5.74) is 1.06. The van der Waals surface area contributed by atoms with Crippen LogP contribution in [0.15, 0.2) is 42.6 Å². The van der Waals surface area contributed by atoms with Crippen LogP contribution in [0.25, 0.3) is 0 Å². The van der Waals surface area contributed by atoms with Crippen molar-refractivity contribution in [3.63, 3.8) is 0 Å². The monoisotopic (exact) mass is 476 g/mol. The molecule has 0 saturated carbocycles. The average molecular weight is 477 g/mol. The average Bonchev–Trinajstić information content (AvgIpc) is 2.80. The molecule has 1 N–H and O–H groups in total. The summed E-state index contributed by atoms with van der Waals surface area (Å²) in [4.78, 5) is 34.2. The van der Waals surface area contributed by atoms with E-state index in [4.69, 9.17) is 23.2 Å². The van der Waals surface area contributed by atoms with Crippen molar-refractivity contribution >= 4 is 41.0 Å². The maximum Gasteiger partial charge on any atom is 0.407 e. The maximum atomic E-state index is 13.0. The van der Waals surface area contributed by atoms with Crippen molar-refractivity contribution in [2.45, 2.75) is 31.2 Å². The SMILES string of the molecule is O=C(O)N1CCN(CCC2[C@H](c3ccc(Cl)c(Cl)c3)CCC(=O)N2c2ccccn2)CC1. The Bertz CT molecular complexity index is 967. The largest absolute Gasteiger partial charge is 0.465 e. The predicted octanol–water partition coefficient (Wildman–Crippen LogP) is 4.35. The number of nitrogens with zero attached hydrogens (tertiary/aromatic N) is 4. The molecule has 1 aromatic carbocycles. The molecule has 2 amide bonds. The number of halogens is 2. The molecule has 32 heavy (non-hydrogen) atoms. The number of piperazine rings is 1. The zero-order chi connectivity index (χ0) is 22.7. The summed E-state index contributed by atoms with van der Waals surface area (Å²) in [5.74, 6) is 0.827. The molecule has 2 saturated heterocycles.